The molecule has 0 bridgehead atoms. The van der Waals surface area contributed by atoms with Crippen molar-refractivity contribution in [2.24, 2.45) is 0 Å². The molecule has 6 nitrogen and oxygen atoms in total. The van der Waals surface area contributed by atoms with Crippen molar-refractivity contribution in [2.75, 3.05) is 44.2 Å². The van der Waals surface area contributed by atoms with Crippen LogP contribution in [0, 0.1) is 0 Å². The second-order valence-corrected chi connectivity index (χ2v) is 6.90. The number of aromatic nitrogens is 2. The van der Waals surface area contributed by atoms with Crippen LogP contribution in [0.15, 0.2) is 29.2 Å². The van der Waals surface area contributed by atoms with Crippen molar-refractivity contribution in [2.45, 2.75) is 0 Å². The Balaban J connectivity index is 1.83. The number of rotatable bonds is 4. The highest BCUT2D eigenvalue weighted by Gasteiger charge is 2.19. The Kier molecular flexibility index (Phi) is 5.86. The van der Waals surface area contributed by atoms with E-state index in [-0.39, 0.29) is 16.7 Å². The van der Waals surface area contributed by atoms with E-state index < -0.39 is 5.56 Å². The molecule has 1 aromatic heterocycles. The molecule has 9 heteroatoms. The van der Waals surface area contributed by atoms with E-state index >= 15 is 0 Å². The van der Waals surface area contributed by atoms with Crippen molar-refractivity contribution >= 4 is 40.5 Å². The fourth-order valence-electron chi connectivity index (χ4n) is 2.83. The number of hydrogen-bond acceptors (Lipinski definition) is 5. The van der Waals surface area contributed by atoms with Gasteiger partial charge in [0.25, 0.3) is 5.56 Å². The minimum absolute atomic E-state index is 0.0723. The molecular weight excluding hydrogens is 387 g/mol. The zero-order valence-electron chi connectivity index (χ0n) is 13.3. The molecule has 3 rings (SSSR count). The van der Waals surface area contributed by atoms with Gasteiger partial charge in [-0.25, -0.2) is 0 Å². The third-order valence-corrected chi connectivity index (χ3v) is 5.23. The van der Waals surface area contributed by atoms with Crippen LogP contribution in [-0.4, -0.2) is 59.1 Å². The molecule has 1 aliphatic heterocycles. The first kappa shape index (κ1) is 18.5. The summed E-state index contributed by atoms with van der Waals surface area (Å²) >= 11 is 18.1. The quantitative estimate of drug-likeness (QED) is 0.849. The number of anilines is 1. The first-order chi connectivity index (χ1) is 12.0. The topological polar surface area (TPSA) is 61.6 Å². The van der Waals surface area contributed by atoms with Gasteiger partial charge in [-0.1, -0.05) is 34.8 Å². The van der Waals surface area contributed by atoms with Crippen molar-refractivity contribution in [1.29, 1.82) is 0 Å². The van der Waals surface area contributed by atoms with Crippen LogP contribution in [0.1, 0.15) is 0 Å². The van der Waals surface area contributed by atoms with Crippen LogP contribution in [0.25, 0.3) is 5.69 Å². The van der Waals surface area contributed by atoms with Gasteiger partial charge in [0.15, 0.2) is 0 Å². The fourth-order valence-corrected chi connectivity index (χ4v) is 3.38. The summed E-state index contributed by atoms with van der Waals surface area (Å²) in [5.41, 5.74) is 0.939. The van der Waals surface area contributed by atoms with Gasteiger partial charge in [-0.15, -0.1) is 0 Å². The highest BCUT2D eigenvalue weighted by Crippen LogP contribution is 2.29. The van der Waals surface area contributed by atoms with E-state index in [2.05, 4.69) is 14.9 Å². The van der Waals surface area contributed by atoms with E-state index in [1.54, 1.807) is 12.1 Å². The fraction of sp³-hybridized carbons (Fsp3) is 0.375. The maximum absolute atomic E-state index is 12.2. The predicted molar refractivity (Wildman–Crippen MR) is 101 cm³/mol. The van der Waals surface area contributed by atoms with Crippen LogP contribution in [0.4, 0.5) is 5.69 Å². The summed E-state index contributed by atoms with van der Waals surface area (Å²) in [6, 6.07) is 5.34. The van der Waals surface area contributed by atoms with Crippen LogP contribution in [0.5, 0.6) is 0 Å². The Morgan fingerprint density at radius 1 is 1.08 bits per heavy atom. The van der Waals surface area contributed by atoms with Gasteiger partial charge in [0.1, 0.15) is 5.02 Å². The SMILES string of the molecule is O=c1c(Cl)c(Cl)cnn1-c1ccc(N2CCN(CCO)CC2)c(Cl)c1. The van der Waals surface area contributed by atoms with E-state index in [0.29, 0.717) is 17.3 Å². The van der Waals surface area contributed by atoms with Gasteiger partial charge >= 0.3 is 0 Å². The second kappa shape index (κ2) is 7.93. The van der Waals surface area contributed by atoms with E-state index in [1.807, 2.05) is 6.07 Å². The highest BCUT2D eigenvalue weighted by molar-refractivity contribution is 6.41. The Morgan fingerprint density at radius 3 is 2.44 bits per heavy atom. The van der Waals surface area contributed by atoms with E-state index in [4.69, 9.17) is 39.9 Å². The first-order valence-electron chi connectivity index (χ1n) is 7.82. The molecule has 0 spiro atoms. The molecule has 1 fully saturated rings. The Hall–Kier alpha value is -1.31. The van der Waals surface area contributed by atoms with Crippen LogP contribution < -0.4 is 10.5 Å². The number of piperazine rings is 1. The normalized spacial score (nSPS) is 15.6. The summed E-state index contributed by atoms with van der Waals surface area (Å²) in [5.74, 6) is 0. The molecule has 1 aliphatic rings. The molecule has 0 unspecified atom stereocenters. The van der Waals surface area contributed by atoms with Gasteiger partial charge in [0, 0.05) is 32.7 Å². The van der Waals surface area contributed by atoms with Crippen molar-refractivity contribution in [1.82, 2.24) is 14.7 Å². The lowest BCUT2D eigenvalue weighted by molar-refractivity contribution is 0.189. The highest BCUT2D eigenvalue weighted by atomic mass is 35.5. The summed E-state index contributed by atoms with van der Waals surface area (Å²) in [7, 11) is 0. The molecule has 1 saturated heterocycles. The number of halogens is 3. The smallest absolute Gasteiger partial charge is 0.291 e. The van der Waals surface area contributed by atoms with Gasteiger partial charge in [-0.05, 0) is 18.2 Å². The van der Waals surface area contributed by atoms with Crippen molar-refractivity contribution in [3.05, 3.63) is 49.8 Å². The molecule has 2 heterocycles. The summed E-state index contributed by atoms with van der Waals surface area (Å²) in [5, 5.41) is 13.6. The Morgan fingerprint density at radius 2 is 1.80 bits per heavy atom. The molecule has 134 valence electrons. The lowest BCUT2D eigenvalue weighted by Crippen LogP contribution is -2.47. The summed E-state index contributed by atoms with van der Waals surface area (Å²) in [6.45, 7) is 4.24. The molecule has 0 amide bonds. The minimum Gasteiger partial charge on any atom is -0.395 e. The average Bonchev–Trinajstić information content (AvgIpc) is 2.61. The van der Waals surface area contributed by atoms with E-state index in [1.165, 1.54) is 10.9 Å². The Bertz CT molecular complexity index is 820. The second-order valence-electron chi connectivity index (χ2n) is 5.71. The number of aliphatic hydroxyl groups is 1. The van der Waals surface area contributed by atoms with Gasteiger partial charge in [0.2, 0.25) is 0 Å². The molecule has 0 saturated carbocycles. The van der Waals surface area contributed by atoms with Crippen molar-refractivity contribution < 1.29 is 5.11 Å². The molecule has 0 radical (unpaired) electrons. The largest absolute Gasteiger partial charge is 0.395 e. The van der Waals surface area contributed by atoms with Gasteiger partial charge < -0.3 is 10.0 Å². The third-order valence-electron chi connectivity index (χ3n) is 4.18. The average molecular weight is 404 g/mol. The van der Waals surface area contributed by atoms with E-state index in [0.717, 1.165) is 31.9 Å². The molecule has 1 N–H and O–H groups in total. The monoisotopic (exact) mass is 402 g/mol. The summed E-state index contributed by atoms with van der Waals surface area (Å²) < 4.78 is 1.17. The minimum atomic E-state index is -0.490. The number of benzene rings is 1. The maximum Gasteiger partial charge on any atom is 0.291 e. The van der Waals surface area contributed by atoms with Crippen LogP contribution in [0.2, 0.25) is 15.1 Å². The Labute approximate surface area is 160 Å². The number of nitrogens with zero attached hydrogens (tertiary/aromatic N) is 4. The number of aliphatic hydroxyl groups excluding tert-OH is 1. The van der Waals surface area contributed by atoms with Crippen molar-refractivity contribution in [3.63, 3.8) is 0 Å². The van der Waals surface area contributed by atoms with Gasteiger partial charge in [-0.2, -0.15) is 9.78 Å². The third kappa shape index (κ3) is 3.93. The van der Waals surface area contributed by atoms with Crippen LogP contribution in [-0.2, 0) is 0 Å². The lowest BCUT2D eigenvalue weighted by atomic mass is 10.2. The molecule has 25 heavy (non-hydrogen) atoms. The van der Waals surface area contributed by atoms with Crippen LogP contribution >= 0.6 is 34.8 Å². The maximum atomic E-state index is 12.2. The molecule has 1 aromatic carbocycles. The summed E-state index contributed by atoms with van der Waals surface area (Å²) in [6.07, 6.45) is 1.33. The summed E-state index contributed by atoms with van der Waals surface area (Å²) in [4.78, 5) is 16.6. The first-order valence-corrected chi connectivity index (χ1v) is 8.96. The van der Waals surface area contributed by atoms with Crippen LogP contribution in [0.3, 0.4) is 0 Å². The number of hydrogen-bond donors (Lipinski definition) is 1. The molecular formula is C16H17Cl3N4O2. The van der Waals surface area contributed by atoms with Gasteiger partial charge in [0.05, 0.1) is 34.2 Å². The molecule has 2 aromatic rings. The zero-order chi connectivity index (χ0) is 18.0. The molecule has 0 aliphatic carbocycles. The van der Waals surface area contributed by atoms with Crippen molar-refractivity contribution in [3.8, 4) is 5.69 Å². The number of β-amino-alcohol motifs (C(OH)–C–C–N with tert-alkyl or cyclic N) is 1. The standard InChI is InChI=1S/C16H17Cl3N4O2/c17-12-9-11(23-16(25)15(19)13(18)10-20-23)1-2-14(12)22-5-3-21(4-6-22)7-8-24/h1-2,9-10,24H,3-8H2. The zero-order valence-corrected chi connectivity index (χ0v) is 15.6. The molecule has 0 atom stereocenters. The predicted octanol–water partition coefficient (Wildman–Crippen LogP) is 2.31. The van der Waals surface area contributed by atoms with E-state index in [9.17, 15) is 4.79 Å². The van der Waals surface area contributed by atoms with Gasteiger partial charge in [-0.3, -0.25) is 9.69 Å². The lowest BCUT2D eigenvalue weighted by Gasteiger charge is -2.36.